The molecule has 1 aliphatic heterocycles. The van der Waals surface area contributed by atoms with Crippen molar-refractivity contribution < 1.29 is 14.3 Å². The fourth-order valence-corrected chi connectivity index (χ4v) is 3.33. The van der Waals surface area contributed by atoms with Crippen LogP contribution in [-0.4, -0.2) is 60.5 Å². The number of ketones is 1. The van der Waals surface area contributed by atoms with Crippen molar-refractivity contribution in [2.45, 2.75) is 26.0 Å². The van der Waals surface area contributed by atoms with Gasteiger partial charge < -0.3 is 15.0 Å². The van der Waals surface area contributed by atoms with Crippen molar-refractivity contribution in [3.05, 3.63) is 53.7 Å². The summed E-state index contributed by atoms with van der Waals surface area (Å²) in [5, 5.41) is 3.09. The van der Waals surface area contributed by atoms with Gasteiger partial charge in [-0.1, -0.05) is 12.1 Å². The van der Waals surface area contributed by atoms with Crippen LogP contribution in [0, 0.1) is 0 Å². The summed E-state index contributed by atoms with van der Waals surface area (Å²) in [6.45, 7) is 5.68. The zero-order chi connectivity index (χ0) is 19.4. The smallest absolute Gasteiger partial charge is 0.251 e. The van der Waals surface area contributed by atoms with E-state index in [1.54, 1.807) is 24.4 Å². The van der Waals surface area contributed by atoms with Crippen molar-refractivity contribution in [1.29, 1.82) is 0 Å². The molecule has 0 saturated carbocycles. The van der Waals surface area contributed by atoms with Gasteiger partial charge in [0.15, 0.2) is 5.78 Å². The van der Waals surface area contributed by atoms with Crippen LogP contribution >= 0.6 is 0 Å². The van der Waals surface area contributed by atoms with E-state index in [9.17, 15) is 9.59 Å². The average molecular weight is 367 g/mol. The van der Waals surface area contributed by atoms with E-state index in [4.69, 9.17) is 4.74 Å². The molecular weight excluding hydrogens is 342 g/mol. The van der Waals surface area contributed by atoms with Crippen molar-refractivity contribution in [2.75, 3.05) is 26.7 Å². The Balaban J connectivity index is 1.74. The van der Waals surface area contributed by atoms with Crippen LogP contribution < -0.4 is 5.32 Å². The number of amides is 1. The third kappa shape index (κ3) is 4.59. The fraction of sp³-hybridized carbons (Fsp3) is 0.381. The van der Waals surface area contributed by atoms with E-state index in [-0.39, 0.29) is 23.8 Å². The average Bonchev–Trinajstić information content (AvgIpc) is 3.01. The van der Waals surface area contributed by atoms with E-state index < -0.39 is 0 Å². The van der Waals surface area contributed by atoms with Crippen LogP contribution in [-0.2, 0) is 4.74 Å². The molecular formula is C21H25N3O3. The predicted molar refractivity (Wildman–Crippen MR) is 104 cm³/mol. The summed E-state index contributed by atoms with van der Waals surface area (Å²) in [5.41, 5.74) is 2.71. The van der Waals surface area contributed by atoms with Gasteiger partial charge in [0.05, 0.1) is 17.8 Å². The number of nitrogens with zero attached hydrogens (tertiary/aromatic N) is 2. The normalized spacial score (nSPS) is 19.8. The molecule has 0 radical (unpaired) electrons. The van der Waals surface area contributed by atoms with E-state index in [0.29, 0.717) is 17.7 Å². The maximum absolute atomic E-state index is 12.7. The number of carbonyl (C=O) groups is 2. The Morgan fingerprint density at radius 1 is 1.22 bits per heavy atom. The molecule has 3 rings (SSSR count). The summed E-state index contributed by atoms with van der Waals surface area (Å²) in [5.74, 6) is -0.144. The molecule has 0 aliphatic carbocycles. The van der Waals surface area contributed by atoms with Gasteiger partial charge in [-0.15, -0.1) is 0 Å². The van der Waals surface area contributed by atoms with Crippen molar-refractivity contribution in [2.24, 2.45) is 0 Å². The molecule has 1 amide bonds. The molecule has 1 aromatic carbocycles. The second-order valence-corrected chi connectivity index (χ2v) is 6.86. The molecule has 1 aliphatic rings. The molecule has 0 unspecified atom stereocenters. The summed E-state index contributed by atoms with van der Waals surface area (Å²) < 4.78 is 5.75. The highest BCUT2D eigenvalue weighted by molar-refractivity contribution is 5.96. The highest BCUT2D eigenvalue weighted by Gasteiger charge is 2.32. The first-order valence-electron chi connectivity index (χ1n) is 9.16. The molecule has 1 N–H and O–H groups in total. The van der Waals surface area contributed by atoms with Gasteiger partial charge in [0.1, 0.15) is 0 Å². The van der Waals surface area contributed by atoms with E-state index in [1.165, 1.54) is 6.92 Å². The van der Waals surface area contributed by atoms with Crippen LogP contribution in [0.25, 0.3) is 11.3 Å². The number of hydrogen-bond acceptors (Lipinski definition) is 5. The maximum Gasteiger partial charge on any atom is 0.251 e. The highest BCUT2D eigenvalue weighted by atomic mass is 16.5. The second kappa shape index (κ2) is 8.41. The molecule has 0 spiro atoms. The van der Waals surface area contributed by atoms with Gasteiger partial charge in [-0.25, -0.2) is 0 Å². The number of aromatic nitrogens is 1. The van der Waals surface area contributed by atoms with E-state index in [0.717, 1.165) is 24.3 Å². The van der Waals surface area contributed by atoms with Crippen LogP contribution in [0.3, 0.4) is 0 Å². The largest absolute Gasteiger partial charge is 0.375 e. The molecule has 2 heterocycles. The zero-order valence-corrected chi connectivity index (χ0v) is 15.9. The lowest BCUT2D eigenvalue weighted by molar-refractivity contribution is 0.0513. The van der Waals surface area contributed by atoms with E-state index in [2.05, 4.69) is 15.2 Å². The third-order valence-electron chi connectivity index (χ3n) is 4.74. The Morgan fingerprint density at radius 2 is 2.04 bits per heavy atom. The first-order chi connectivity index (χ1) is 13.0. The molecule has 0 bridgehead atoms. The number of nitrogens with one attached hydrogen (secondary N) is 1. The number of hydrogen-bond donors (Lipinski definition) is 1. The Bertz CT molecular complexity index is 820. The minimum absolute atomic E-state index is 0.00734. The molecule has 6 nitrogen and oxygen atoms in total. The number of likely N-dealkylation sites (N-methyl/N-ethyl adjacent to an activating group) is 1. The van der Waals surface area contributed by atoms with Crippen molar-refractivity contribution >= 4 is 11.7 Å². The van der Waals surface area contributed by atoms with E-state index >= 15 is 0 Å². The summed E-state index contributed by atoms with van der Waals surface area (Å²) in [4.78, 5) is 30.6. The fourth-order valence-electron chi connectivity index (χ4n) is 3.33. The maximum atomic E-state index is 12.7. The van der Waals surface area contributed by atoms with Gasteiger partial charge in [0, 0.05) is 42.6 Å². The van der Waals surface area contributed by atoms with E-state index in [1.807, 2.05) is 32.2 Å². The first kappa shape index (κ1) is 19.2. The lowest BCUT2D eigenvalue weighted by atomic mass is 10.1. The zero-order valence-electron chi connectivity index (χ0n) is 15.9. The highest BCUT2D eigenvalue weighted by Crippen LogP contribution is 2.19. The summed E-state index contributed by atoms with van der Waals surface area (Å²) in [6.07, 6.45) is 1.57. The summed E-state index contributed by atoms with van der Waals surface area (Å²) >= 11 is 0. The van der Waals surface area contributed by atoms with Crippen LogP contribution in [0.2, 0.25) is 0 Å². The van der Waals surface area contributed by atoms with Gasteiger partial charge in [-0.2, -0.15) is 0 Å². The molecule has 1 saturated heterocycles. The number of rotatable bonds is 6. The lowest BCUT2D eigenvalue weighted by Gasteiger charge is -2.20. The molecule has 1 fully saturated rings. The monoisotopic (exact) mass is 367 g/mol. The standard InChI is InChI=1S/C21H25N3O3/c1-4-27-20-13-24(3)12-19(20)23-21(26)16-7-5-6-15(10-16)18-9-8-17(11-22-18)14(2)25/h5-11,19-20H,4,12-13H2,1-3H3,(H,23,26)/t19-,20-/m0/s1. The second-order valence-electron chi connectivity index (χ2n) is 6.86. The van der Waals surface area contributed by atoms with Gasteiger partial charge in [-0.05, 0) is 45.2 Å². The quantitative estimate of drug-likeness (QED) is 0.794. The number of ether oxygens (including phenoxy) is 1. The lowest BCUT2D eigenvalue weighted by Crippen LogP contribution is -2.44. The van der Waals surface area contributed by atoms with Crippen LogP contribution in [0.1, 0.15) is 34.6 Å². The van der Waals surface area contributed by atoms with Crippen LogP contribution in [0.5, 0.6) is 0 Å². The Hall–Kier alpha value is -2.57. The molecule has 142 valence electrons. The molecule has 27 heavy (non-hydrogen) atoms. The summed E-state index contributed by atoms with van der Waals surface area (Å²) in [6, 6.07) is 10.9. The molecule has 2 atom stereocenters. The summed E-state index contributed by atoms with van der Waals surface area (Å²) in [7, 11) is 2.02. The van der Waals surface area contributed by atoms with Gasteiger partial charge in [0.2, 0.25) is 0 Å². The SMILES string of the molecule is CCO[C@H]1CN(C)C[C@@H]1NC(=O)c1cccc(-c2ccc(C(C)=O)cn2)c1. The number of pyridine rings is 1. The number of carbonyl (C=O) groups excluding carboxylic acids is 2. The van der Waals surface area contributed by atoms with Crippen molar-refractivity contribution in [3.63, 3.8) is 0 Å². The van der Waals surface area contributed by atoms with Gasteiger partial charge in [0.25, 0.3) is 5.91 Å². The number of likely N-dealkylation sites (tertiary alicyclic amines) is 1. The number of Topliss-reactive ketones (excluding diaryl/α,β-unsaturated/α-hetero) is 1. The molecule has 6 heteroatoms. The van der Waals surface area contributed by atoms with Crippen LogP contribution in [0.4, 0.5) is 0 Å². The van der Waals surface area contributed by atoms with Crippen molar-refractivity contribution in [3.8, 4) is 11.3 Å². The molecule has 2 aromatic rings. The van der Waals surface area contributed by atoms with Crippen molar-refractivity contribution in [1.82, 2.24) is 15.2 Å². The molecule has 1 aromatic heterocycles. The first-order valence-corrected chi connectivity index (χ1v) is 9.16. The van der Waals surface area contributed by atoms with Gasteiger partial charge >= 0.3 is 0 Å². The van der Waals surface area contributed by atoms with Crippen LogP contribution in [0.15, 0.2) is 42.6 Å². The minimum atomic E-state index is -0.123. The number of benzene rings is 1. The topological polar surface area (TPSA) is 71.5 Å². The Morgan fingerprint density at radius 3 is 2.70 bits per heavy atom. The Labute approximate surface area is 159 Å². The van der Waals surface area contributed by atoms with Gasteiger partial charge in [-0.3, -0.25) is 14.6 Å². The third-order valence-corrected chi connectivity index (χ3v) is 4.74. The predicted octanol–water partition coefficient (Wildman–Crippen LogP) is 2.40. The Kier molecular flexibility index (Phi) is 5.98. The minimum Gasteiger partial charge on any atom is -0.375 e.